The standard InChI is InChI=1S/C23H21NO3S/c25-23-14-22(28-24-23)19-10-6-17(7-11-19)15-26-16-18-8-12-21(13-9-18)27-20-4-2-1-3-5-20/h1-13,22H,14-16H2,(H,24,25). The van der Waals surface area contributed by atoms with Crippen LogP contribution in [0.5, 0.6) is 11.5 Å². The summed E-state index contributed by atoms with van der Waals surface area (Å²) in [4.78, 5) is 11.3. The largest absolute Gasteiger partial charge is 0.457 e. The molecular weight excluding hydrogens is 370 g/mol. The number of carbonyl (C=O) groups excluding carboxylic acids is 1. The molecule has 0 radical (unpaired) electrons. The lowest BCUT2D eigenvalue weighted by atomic mass is 10.1. The van der Waals surface area contributed by atoms with Crippen LogP contribution < -0.4 is 9.46 Å². The second kappa shape index (κ2) is 8.95. The van der Waals surface area contributed by atoms with Gasteiger partial charge in [0.1, 0.15) is 11.5 Å². The van der Waals surface area contributed by atoms with Gasteiger partial charge in [-0.25, -0.2) is 0 Å². The fourth-order valence-electron chi connectivity index (χ4n) is 2.97. The summed E-state index contributed by atoms with van der Waals surface area (Å²) in [5, 5.41) is 0.207. The molecule has 0 aromatic heterocycles. The number of amides is 1. The molecule has 0 saturated carbocycles. The highest BCUT2D eigenvalue weighted by atomic mass is 32.2. The van der Waals surface area contributed by atoms with Crippen LogP contribution in [0.1, 0.15) is 28.4 Å². The topological polar surface area (TPSA) is 47.6 Å². The highest BCUT2D eigenvalue weighted by Gasteiger charge is 2.23. The first kappa shape index (κ1) is 18.6. The van der Waals surface area contributed by atoms with Crippen molar-refractivity contribution in [2.45, 2.75) is 24.9 Å². The van der Waals surface area contributed by atoms with Crippen LogP contribution >= 0.6 is 11.9 Å². The van der Waals surface area contributed by atoms with Crippen LogP contribution in [0, 0.1) is 0 Å². The Morgan fingerprint density at radius 2 is 1.43 bits per heavy atom. The highest BCUT2D eigenvalue weighted by molar-refractivity contribution is 7.98. The van der Waals surface area contributed by atoms with Crippen molar-refractivity contribution < 1.29 is 14.3 Å². The summed E-state index contributed by atoms with van der Waals surface area (Å²) in [5.41, 5.74) is 3.39. The molecule has 5 heteroatoms. The molecule has 3 aromatic carbocycles. The van der Waals surface area contributed by atoms with Crippen molar-refractivity contribution in [3.8, 4) is 11.5 Å². The van der Waals surface area contributed by atoms with E-state index in [2.05, 4.69) is 29.0 Å². The van der Waals surface area contributed by atoms with E-state index < -0.39 is 0 Å². The van der Waals surface area contributed by atoms with Crippen LogP contribution in [0.25, 0.3) is 0 Å². The van der Waals surface area contributed by atoms with Gasteiger partial charge in [-0.3, -0.25) is 9.52 Å². The molecule has 0 aliphatic carbocycles. The predicted octanol–water partition coefficient (Wildman–Crippen LogP) is 5.40. The van der Waals surface area contributed by atoms with Gasteiger partial charge in [-0.05, 0) is 52.9 Å². The summed E-state index contributed by atoms with van der Waals surface area (Å²) in [5.74, 6) is 1.73. The SMILES string of the molecule is O=C1CC(c2ccc(COCc3ccc(Oc4ccccc4)cc3)cc2)SN1. The van der Waals surface area contributed by atoms with E-state index in [1.54, 1.807) is 0 Å². The lowest BCUT2D eigenvalue weighted by Gasteiger charge is -2.09. The van der Waals surface area contributed by atoms with Gasteiger partial charge in [0.25, 0.3) is 0 Å². The quantitative estimate of drug-likeness (QED) is 0.548. The number of ether oxygens (including phenoxy) is 2. The lowest BCUT2D eigenvalue weighted by molar-refractivity contribution is -0.118. The Morgan fingerprint density at radius 3 is 2.04 bits per heavy atom. The van der Waals surface area contributed by atoms with Crippen molar-refractivity contribution in [1.82, 2.24) is 4.72 Å². The van der Waals surface area contributed by atoms with E-state index in [0.29, 0.717) is 19.6 Å². The minimum absolute atomic E-state index is 0.0996. The first-order chi connectivity index (χ1) is 13.8. The van der Waals surface area contributed by atoms with Gasteiger partial charge in [0.05, 0.1) is 18.5 Å². The summed E-state index contributed by atoms with van der Waals surface area (Å²) >= 11 is 1.49. The summed E-state index contributed by atoms with van der Waals surface area (Å²) < 4.78 is 14.4. The normalized spacial score (nSPS) is 16.0. The molecule has 142 valence electrons. The summed E-state index contributed by atoms with van der Waals surface area (Å²) in [6, 6.07) is 26.0. The molecule has 28 heavy (non-hydrogen) atoms. The maximum atomic E-state index is 11.3. The molecule has 1 saturated heterocycles. The van der Waals surface area contributed by atoms with Crippen molar-refractivity contribution in [1.29, 1.82) is 0 Å². The van der Waals surface area contributed by atoms with Crippen LogP contribution in [0.15, 0.2) is 78.9 Å². The molecule has 3 aromatic rings. The first-order valence-electron chi connectivity index (χ1n) is 9.19. The predicted molar refractivity (Wildman–Crippen MR) is 111 cm³/mol. The van der Waals surface area contributed by atoms with Crippen molar-refractivity contribution in [2.24, 2.45) is 0 Å². The van der Waals surface area contributed by atoms with Gasteiger partial charge < -0.3 is 9.47 Å². The zero-order valence-corrected chi connectivity index (χ0v) is 16.2. The van der Waals surface area contributed by atoms with E-state index in [9.17, 15) is 4.79 Å². The van der Waals surface area contributed by atoms with Crippen molar-refractivity contribution in [2.75, 3.05) is 0 Å². The number of carbonyl (C=O) groups is 1. The van der Waals surface area contributed by atoms with Crippen LogP contribution in [-0.2, 0) is 22.7 Å². The van der Waals surface area contributed by atoms with Crippen molar-refractivity contribution in [3.63, 3.8) is 0 Å². The van der Waals surface area contributed by atoms with Crippen molar-refractivity contribution >= 4 is 17.9 Å². The van der Waals surface area contributed by atoms with Gasteiger partial charge in [0.2, 0.25) is 5.91 Å². The number of rotatable bonds is 7. The number of benzene rings is 3. The molecule has 0 spiro atoms. The second-order valence-corrected chi connectivity index (χ2v) is 7.64. The average Bonchev–Trinajstić information content (AvgIpc) is 3.17. The minimum Gasteiger partial charge on any atom is -0.457 e. The Labute approximate surface area is 169 Å². The van der Waals surface area contributed by atoms with E-state index >= 15 is 0 Å². The first-order valence-corrected chi connectivity index (χ1v) is 10.1. The smallest absolute Gasteiger partial charge is 0.231 e. The van der Waals surface area contributed by atoms with E-state index in [1.807, 2.05) is 54.6 Å². The molecule has 1 amide bonds. The average molecular weight is 391 g/mol. The summed E-state index contributed by atoms with van der Waals surface area (Å²) in [6.07, 6.45) is 0.546. The molecule has 1 atom stereocenters. The zero-order chi connectivity index (χ0) is 19.2. The van der Waals surface area contributed by atoms with E-state index in [0.717, 1.165) is 22.6 Å². The Bertz CT molecular complexity index is 911. The Morgan fingerprint density at radius 1 is 0.821 bits per heavy atom. The Kier molecular flexibility index (Phi) is 5.95. The van der Waals surface area contributed by atoms with Crippen LogP contribution in [0.2, 0.25) is 0 Å². The van der Waals surface area contributed by atoms with E-state index in [4.69, 9.17) is 9.47 Å². The maximum absolute atomic E-state index is 11.3. The van der Waals surface area contributed by atoms with Gasteiger partial charge in [0.15, 0.2) is 0 Å². The number of hydrogen-bond donors (Lipinski definition) is 1. The summed E-state index contributed by atoms with van der Waals surface area (Å²) in [6.45, 7) is 1.10. The molecule has 1 aliphatic rings. The molecule has 4 nitrogen and oxygen atoms in total. The maximum Gasteiger partial charge on any atom is 0.231 e. The van der Waals surface area contributed by atoms with Crippen LogP contribution in [0.3, 0.4) is 0 Å². The zero-order valence-electron chi connectivity index (χ0n) is 15.3. The van der Waals surface area contributed by atoms with Gasteiger partial charge in [0, 0.05) is 6.42 Å². The number of nitrogens with one attached hydrogen (secondary N) is 1. The van der Waals surface area contributed by atoms with Crippen molar-refractivity contribution in [3.05, 3.63) is 95.6 Å². The molecular formula is C23H21NO3S. The summed E-state index contributed by atoms with van der Waals surface area (Å²) in [7, 11) is 0. The third kappa shape index (κ3) is 4.94. The van der Waals surface area contributed by atoms with Crippen LogP contribution in [-0.4, -0.2) is 5.91 Å². The second-order valence-electron chi connectivity index (χ2n) is 6.63. The number of hydrogen-bond acceptors (Lipinski definition) is 4. The van der Waals surface area contributed by atoms with Gasteiger partial charge in [-0.2, -0.15) is 0 Å². The van der Waals surface area contributed by atoms with Gasteiger partial charge in [-0.15, -0.1) is 0 Å². The Balaban J connectivity index is 1.25. The monoisotopic (exact) mass is 391 g/mol. The van der Waals surface area contributed by atoms with Gasteiger partial charge in [-0.1, -0.05) is 54.6 Å². The van der Waals surface area contributed by atoms with Crippen LogP contribution in [0.4, 0.5) is 0 Å². The molecule has 1 heterocycles. The molecule has 1 fully saturated rings. The van der Waals surface area contributed by atoms with E-state index in [1.165, 1.54) is 17.5 Å². The fraction of sp³-hybridized carbons (Fsp3) is 0.174. The third-order valence-electron chi connectivity index (χ3n) is 4.48. The molecule has 1 aliphatic heterocycles. The Hall–Kier alpha value is -2.76. The molecule has 0 bridgehead atoms. The molecule has 1 N–H and O–H groups in total. The number of para-hydroxylation sites is 1. The molecule has 1 unspecified atom stereocenters. The third-order valence-corrected chi connectivity index (χ3v) is 5.55. The molecule has 4 rings (SSSR count). The van der Waals surface area contributed by atoms with Gasteiger partial charge >= 0.3 is 0 Å². The minimum atomic E-state index is 0.0996. The highest BCUT2D eigenvalue weighted by Crippen LogP contribution is 2.34. The lowest BCUT2D eigenvalue weighted by Crippen LogP contribution is -2.05. The fourth-order valence-corrected chi connectivity index (χ4v) is 3.85. The van der Waals surface area contributed by atoms with E-state index in [-0.39, 0.29) is 11.2 Å².